The third kappa shape index (κ3) is 4.45. The molecule has 0 spiro atoms. The van der Waals surface area contributed by atoms with Gasteiger partial charge in [0.1, 0.15) is 9.84 Å². The van der Waals surface area contributed by atoms with Crippen molar-refractivity contribution in [1.82, 2.24) is 5.32 Å². The van der Waals surface area contributed by atoms with Crippen LogP contribution in [0.25, 0.3) is 0 Å². The Morgan fingerprint density at radius 1 is 1.16 bits per heavy atom. The average molecular weight is 287 g/mol. The average Bonchev–Trinajstić information content (AvgIpc) is 3.18. The van der Waals surface area contributed by atoms with Gasteiger partial charge in [0.25, 0.3) is 0 Å². The van der Waals surface area contributed by atoms with Gasteiger partial charge in [0.2, 0.25) is 0 Å². The molecule has 0 bridgehead atoms. The quantitative estimate of drug-likeness (QED) is 0.817. The maximum Gasteiger partial charge on any atom is 0.150 e. The van der Waals surface area contributed by atoms with E-state index in [1.165, 1.54) is 25.5 Å². The summed E-state index contributed by atoms with van der Waals surface area (Å²) in [6.07, 6.45) is 8.12. The van der Waals surface area contributed by atoms with Crippen LogP contribution in [0, 0.1) is 17.8 Å². The number of nitrogens with one attached hydrogen (secondary N) is 1. The molecule has 0 aliphatic heterocycles. The summed E-state index contributed by atoms with van der Waals surface area (Å²) in [6, 6.07) is 0.768. The van der Waals surface area contributed by atoms with Gasteiger partial charge in [-0.25, -0.2) is 8.42 Å². The van der Waals surface area contributed by atoms with E-state index >= 15 is 0 Å². The smallest absolute Gasteiger partial charge is 0.150 e. The molecule has 3 nitrogen and oxygen atoms in total. The van der Waals surface area contributed by atoms with Crippen LogP contribution in [-0.4, -0.2) is 32.5 Å². The molecule has 0 aromatic rings. The molecule has 2 aliphatic carbocycles. The van der Waals surface area contributed by atoms with Crippen molar-refractivity contribution < 1.29 is 8.42 Å². The molecule has 1 N–H and O–H groups in total. The molecule has 2 saturated carbocycles. The van der Waals surface area contributed by atoms with E-state index in [2.05, 4.69) is 19.2 Å². The van der Waals surface area contributed by atoms with E-state index in [1.54, 1.807) is 0 Å². The Bertz CT molecular complexity index is 389. The highest BCUT2D eigenvalue weighted by Crippen LogP contribution is 2.36. The van der Waals surface area contributed by atoms with Gasteiger partial charge in [0.15, 0.2) is 0 Å². The zero-order chi connectivity index (χ0) is 14.0. The highest BCUT2D eigenvalue weighted by atomic mass is 32.2. The largest absolute Gasteiger partial charge is 0.314 e. The van der Waals surface area contributed by atoms with Gasteiger partial charge in [0, 0.05) is 12.3 Å². The second kappa shape index (κ2) is 6.13. The second-order valence-corrected chi connectivity index (χ2v) is 9.22. The Morgan fingerprint density at radius 2 is 1.84 bits per heavy atom. The van der Waals surface area contributed by atoms with Crippen molar-refractivity contribution in [3.8, 4) is 0 Å². The van der Waals surface area contributed by atoms with E-state index in [9.17, 15) is 8.42 Å². The number of sulfone groups is 1. The molecule has 4 heteroatoms. The number of rotatable bonds is 6. The van der Waals surface area contributed by atoms with Crippen LogP contribution in [0.5, 0.6) is 0 Å². The summed E-state index contributed by atoms with van der Waals surface area (Å²) in [5.41, 5.74) is 0. The predicted molar refractivity (Wildman–Crippen MR) is 79.9 cm³/mol. The molecule has 0 heterocycles. The molecule has 19 heavy (non-hydrogen) atoms. The van der Waals surface area contributed by atoms with Crippen LogP contribution < -0.4 is 5.32 Å². The van der Waals surface area contributed by atoms with E-state index in [-0.39, 0.29) is 5.25 Å². The fourth-order valence-electron chi connectivity index (χ4n) is 3.34. The molecule has 2 fully saturated rings. The fraction of sp³-hybridized carbons (Fsp3) is 1.00. The standard InChI is InChI=1S/C15H29NO2S/c1-11(10-16-14-7-8-14)12(2)13-5-4-6-15(9-13)19(3,17)18/h11-16H,4-10H2,1-3H3. The molecule has 2 rings (SSSR count). The molecule has 0 radical (unpaired) electrons. The first-order valence-corrected chi connectivity index (χ1v) is 9.75. The van der Waals surface area contributed by atoms with Crippen LogP contribution in [0.2, 0.25) is 0 Å². The zero-order valence-electron chi connectivity index (χ0n) is 12.6. The minimum atomic E-state index is -2.85. The third-order valence-corrected chi connectivity index (χ3v) is 6.86. The first-order valence-electron chi connectivity index (χ1n) is 7.80. The van der Waals surface area contributed by atoms with Gasteiger partial charge in [-0.2, -0.15) is 0 Å². The summed E-state index contributed by atoms with van der Waals surface area (Å²) >= 11 is 0. The predicted octanol–water partition coefficient (Wildman–Crippen LogP) is 2.61. The van der Waals surface area contributed by atoms with Gasteiger partial charge >= 0.3 is 0 Å². The Kier molecular flexibility index (Phi) is 4.93. The monoisotopic (exact) mass is 287 g/mol. The van der Waals surface area contributed by atoms with Gasteiger partial charge in [-0.1, -0.05) is 26.7 Å². The van der Waals surface area contributed by atoms with Crippen LogP contribution in [0.4, 0.5) is 0 Å². The van der Waals surface area contributed by atoms with Crippen LogP contribution in [0.1, 0.15) is 52.4 Å². The van der Waals surface area contributed by atoms with Gasteiger partial charge in [-0.15, -0.1) is 0 Å². The molecule has 0 amide bonds. The molecule has 4 atom stereocenters. The van der Waals surface area contributed by atoms with Crippen LogP contribution in [-0.2, 0) is 9.84 Å². The molecule has 4 unspecified atom stereocenters. The van der Waals surface area contributed by atoms with E-state index in [0.29, 0.717) is 17.8 Å². The first kappa shape index (κ1) is 15.3. The maximum absolute atomic E-state index is 11.7. The molecule has 2 aliphatic rings. The first-order chi connectivity index (χ1) is 8.88. The highest BCUT2D eigenvalue weighted by molar-refractivity contribution is 7.91. The van der Waals surface area contributed by atoms with Gasteiger partial charge in [-0.3, -0.25) is 0 Å². The van der Waals surface area contributed by atoms with Crippen LogP contribution >= 0.6 is 0 Å². The van der Waals surface area contributed by atoms with Crippen molar-refractivity contribution in [1.29, 1.82) is 0 Å². The number of hydrogen-bond acceptors (Lipinski definition) is 3. The number of hydrogen-bond donors (Lipinski definition) is 1. The van der Waals surface area contributed by atoms with Gasteiger partial charge in [-0.05, 0) is 50.0 Å². The highest BCUT2D eigenvalue weighted by Gasteiger charge is 2.33. The SMILES string of the molecule is CC(CNC1CC1)C(C)C1CCCC(S(C)(=O)=O)C1. The second-order valence-electron chi connectivity index (χ2n) is 6.90. The minimum Gasteiger partial charge on any atom is -0.314 e. The molecular weight excluding hydrogens is 258 g/mol. The molecule has 0 aromatic carbocycles. The lowest BCUT2D eigenvalue weighted by atomic mass is 9.75. The van der Waals surface area contributed by atoms with E-state index in [0.717, 1.165) is 31.8 Å². The Labute approximate surface area is 118 Å². The summed E-state index contributed by atoms with van der Waals surface area (Å²) < 4.78 is 23.5. The van der Waals surface area contributed by atoms with Gasteiger partial charge in [0.05, 0.1) is 5.25 Å². The summed E-state index contributed by atoms with van der Waals surface area (Å²) in [4.78, 5) is 0. The van der Waals surface area contributed by atoms with Crippen molar-refractivity contribution in [2.24, 2.45) is 17.8 Å². The lowest BCUT2D eigenvalue weighted by Gasteiger charge is -2.35. The summed E-state index contributed by atoms with van der Waals surface area (Å²) in [7, 11) is -2.85. The third-order valence-electron chi connectivity index (χ3n) is 5.22. The molecule has 0 aromatic heterocycles. The topological polar surface area (TPSA) is 46.2 Å². The maximum atomic E-state index is 11.7. The molecular formula is C15H29NO2S. The van der Waals surface area contributed by atoms with Crippen molar-refractivity contribution in [2.75, 3.05) is 12.8 Å². The Hall–Kier alpha value is -0.0900. The normalized spacial score (nSPS) is 31.9. The Morgan fingerprint density at radius 3 is 2.42 bits per heavy atom. The lowest BCUT2D eigenvalue weighted by molar-refractivity contribution is 0.201. The summed E-state index contributed by atoms with van der Waals surface area (Å²) in [5, 5.41) is 3.51. The van der Waals surface area contributed by atoms with Crippen molar-refractivity contribution in [3.63, 3.8) is 0 Å². The van der Waals surface area contributed by atoms with E-state index in [1.807, 2.05) is 0 Å². The summed E-state index contributed by atoms with van der Waals surface area (Å²) in [5.74, 6) is 1.85. The van der Waals surface area contributed by atoms with Gasteiger partial charge < -0.3 is 5.32 Å². The van der Waals surface area contributed by atoms with Crippen LogP contribution in [0.3, 0.4) is 0 Å². The van der Waals surface area contributed by atoms with E-state index in [4.69, 9.17) is 0 Å². The lowest BCUT2D eigenvalue weighted by Crippen LogP contribution is -2.35. The minimum absolute atomic E-state index is 0.0858. The van der Waals surface area contributed by atoms with Crippen LogP contribution in [0.15, 0.2) is 0 Å². The zero-order valence-corrected chi connectivity index (χ0v) is 13.4. The Balaban J connectivity index is 1.84. The van der Waals surface area contributed by atoms with Crippen molar-refractivity contribution >= 4 is 9.84 Å². The van der Waals surface area contributed by atoms with Crippen molar-refractivity contribution in [2.45, 2.75) is 63.7 Å². The molecule has 112 valence electrons. The van der Waals surface area contributed by atoms with Crippen molar-refractivity contribution in [3.05, 3.63) is 0 Å². The van der Waals surface area contributed by atoms with E-state index < -0.39 is 9.84 Å². The fourth-order valence-corrected chi connectivity index (χ4v) is 4.53. The summed E-state index contributed by atoms with van der Waals surface area (Å²) in [6.45, 7) is 5.71. The molecule has 0 saturated heterocycles.